The van der Waals surface area contributed by atoms with Crippen molar-refractivity contribution in [2.45, 2.75) is 31.6 Å². The first-order valence-corrected chi connectivity index (χ1v) is 10.5. The molecule has 1 heterocycles. The lowest BCUT2D eigenvalue weighted by Gasteiger charge is -2.16. The fourth-order valence-electron chi connectivity index (χ4n) is 3.42. The highest BCUT2D eigenvalue weighted by atomic mass is 32.2. The van der Waals surface area contributed by atoms with Crippen LogP contribution in [0.25, 0.3) is 0 Å². The molecule has 0 aliphatic carbocycles. The van der Waals surface area contributed by atoms with E-state index in [0.717, 1.165) is 43.0 Å². The lowest BCUT2D eigenvalue weighted by atomic mass is 9.98. The van der Waals surface area contributed by atoms with Gasteiger partial charge < -0.3 is 10.0 Å². The number of amides is 1. The van der Waals surface area contributed by atoms with Gasteiger partial charge in [0.15, 0.2) is 0 Å². The third-order valence-electron chi connectivity index (χ3n) is 4.94. The van der Waals surface area contributed by atoms with Crippen molar-refractivity contribution in [3.63, 3.8) is 0 Å². The molecule has 2 aromatic carbocycles. The summed E-state index contributed by atoms with van der Waals surface area (Å²) >= 11 is 1.83. The number of likely N-dealkylation sites (tertiary alicyclic amines) is 1. The van der Waals surface area contributed by atoms with Gasteiger partial charge in [0, 0.05) is 31.0 Å². The third-order valence-corrected chi connectivity index (χ3v) is 5.97. The molecule has 0 bridgehead atoms. The van der Waals surface area contributed by atoms with Gasteiger partial charge in [-0.15, -0.1) is 0 Å². The second-order valence-electron chi connectivity index (χ2n) is 6.96. The predicted octanol–water partition coefficient (Wildman–Crippen LogP) is 3.89. The quantitative estimate of drug-likeness (QED) is 0.718. The lowest BCUT2D eigenvalue weighted by Crippen LogP contribution is -2.29. The molecule has 1 aliphatic heterocycles. The Labute approximate surface area is 160 Å². The molecule has 2 aromatic rings. The van der Waals surface area contributed by atoms with Gasteiger partial charge in [-0.2, -0.15) is 11.8 Å². The zero-order valence-corrected chi connectivity index (χ0v) is 16.0. The van der Waals surface area contributed by atoms with Crippen LogP contribution in [0.4, 0.5) is 0 Å². The van der Waals surface area contributed by atoms with Crippen LogP contribution in [0.1, 0.15) is 29.5 Å². The minimum atomic E-state index is 0.0915. The van der Waals surface area contributed by atoms with Crippen LogP contribution in [0.2, 0.25) is 0 Å². The number of thioether (sulfide) groups is 1. The van der Waals surface area contributed by atoms with E-state index in [1.807, 2.05) is 34.9 Å². The molecule has 1 saturated heterocycles. The minimum Gasteiger partial charge on any atom is -0.392 e. The van der Waals surface area contributed by atoms with Crippen molar-refractivity contribution >= 4 is 17.7 Å². The van der Waals surface area contributed by atoms with Crippen molar-refractivity contribution in [1.29, 1.82) is 0 Å². The van der Waals surface area contributed by atoms with Gasteiger partial charge in [0.25, 0.3) is 0 Å². The maximum absolute atomic E-state index is 12.4. The molecule has 3 rings (SSSR count). The topological polar surface area (TPSA) is 40.5 Å². The molecule has 0 aromatic heterocycles. The van der Waals surface area contributed by atoms with Crippen LogP contribution in [0.15, 0.2) is 54.6 Å². The monoisotopic (exact) mass is 369 g/mol. The number of aliphatic hydroxyl groups is 1. The number of aliphatic hydroxyl groups excluding tert-OH is 1. The Morgan fingerprint density at radius 1 is 1.04 bits per heavy atom. The molecular weight excluding hydrogens is 342 g/mol. The molecule has 0 unspecified atom stereocenters. The second kappa shape index (κ2) is 9.79. The molecule has 4 heteroatoms. The van der Waals surface area contributed by atoms with Crippen LogP contribution >= 0.6 is 11.8 Å². The molecule has 0 radical (unpaired) electrons. The summed E-state index contributed by atoms with van der Waals surface area (Å²) in [5, 5.41) is 9.12. The Morgan fingerprint density at radius 2 is 1.77 bits per heavy atom. The van der Waals surface area contributed by atoms with Crippen molar-refractivity contribution in [1.82, 2.24) is 4.90 Å². The van der Waals surface area contributed by atoms with Gasteiger partial charge in [0.1, 0.15) is 0 Å². The van der Waals surface area contributed by atoms with Crippen LogP contribution in [0.3, 0.4) is 0 Å². The van der Waals surface area contributed by atoms with Gasteiger partial charge in [-0.1, -0.05) is 54.6 Å². The highest BCUT2D eigenvalue weighted by Crippen LogP contribution is 2.22. The maximum atomic E-state index is 12.4. The van der Waals surface area contributed by atoms with E-state index >= 15 is 0 Å². The molecule has 0 spiro atoms. The summed E-state index contributed by atoms with van der Waals surface area (Å²) in [5.74, 6) is 2.71. The van der Waals surface area contributed by atoms with Gasteiger partial charge in [-0.3, -0.25) is 4.79 Å². The standard InChI is InChI=1S/C22H27NO2S/c24-16-19-8-6-18(7-9-19)14-21-10-12-23(15-21)22(25)11-13-26-17-20-4-2-1-3-5-20/h1-9,21,24H,10-17H2/t21-/m0/s1. The highest BCUT2D eigenvalue weighted by molar-refractivity contribution is 7.98. The highest BCUT2D eigenvalue weighted by Gasteiger charge is 2.25. The van der Waals surface area contributed by atoms with E-state index in [4.69, 9.17) is 5.11 Å². The van der Waals surface area contributed by atoms with E-state index in [1.165, 1.54) is 11.1 Å². The summed E-state index contributed by atoms with van der Waals surface area (Å²) in [6.07, 6.45) is 2.73. The van der Waals surface area contributed by atoms with Crippen molar-refractivity contribution in [2.24, 2.45) is 5.92 Å². The minimum absolute atomic E-state index is 0.0915. The molecule has 138 valence electrons. The molecule has 1 fully saturated rings. The molecule has 0 saturated carbocycles. The Morgan fingerprint density at radius 3 is 2.50 bits per heavy atom. The van der Waals surface area contributed by atoms with E-state index in [9.17, 15) is 4.79 Å². The number of hydrogen-bond acceptors (Lipinski definition) is 3. The SMILES string of the molecule is O=C(CCSCc1ccccc1)N1CC[C@@H](Cc2ccc(CO)cc2)C1. The van der Waals surface area contributed by atoms with E-state index in [1.54, 1.807) is 0 Å². The first-order chi connectivity index (χ1) is 12.7. The van der Waals surface area contributed by atoms with E-state index < -0.39 is 0 Å². The molecule has 1 atom stereocenters. The van der Waals surface area contributed by atoms with Crippen LogP contribution in [0, 0.1) is 5.92 Å². The molecule has 3 nitrogen and oxygen atoms in total. The van der Waals surface area contributed by atoms with Gasteiger partial charge in [-0.05, 0) is 35.4 Å². The summed E-state index contributed by atoms with van der Waals surface area (Å²) in [6.45, 7) is 1.86. The molecule has 1 N–H and O–H groups in total. The zero-order chi connectivity index (χ0) is 18.2. The average Bonchev–Trinajstić information content (AvgIpc) is 3.15. The molecule has 1 amide bonds. The van der Waals surface area contributed by atoms with Crippen LogP contribution in [0.5, 0.6) is 0 Å². The first-order valence-electron chi connectivity index (χ1n) is 9.32. The smallest absolute Gasteiger partial charge is 0.223 e. The van der Waals surface area contributed by atoms with Gasteiger partial charge in [0.2, 0.25) is 5.91 Å². The third kappa shape index (κ3) is 5.61. The number of nitrogens with zero attached hydrogens (tertiary/aromatic N) is 1. The molecule has 26 heavy (non-hydrogen) atoms. The predicted molar refractivity (Wildman–Crippen MR) is 108 cm³/mol. The number of benzene rings is 2. The number of carbonyl (C=O) groups is 1. The van der Waals surface area contributed by atoms with Crippen molar-refractivity contribution in [2.75, 3.05) is 18.8 Å². The Hall–Kier alpha value is -1.78. The van der Waals surface area contributed by atoms with Crippen molar-refractivity contribution in [3.05, 3.63) is 71.3 Å². The summed E-state index contributed by atoms with van der Waals surface area (Å²) < 4.78 is 0. The molecular formula is C22H27NO2S. The lowest BCUT2D eigenvalue weighted by molar-refractivity contribution is -0.129. The second-order valence-corrected chi connectivity index (χ2v) is 8.07. The summed E-state index contributed by atoms with van der Waals surface area (Å²) in [4.78, 5) is 14.5. The van der Waals surface area contributed by atoms with Crippen LogP contribution in [-0.2, 0) is 23.6 Å². The van der Waals surface area contributed by atoms with Crippen LogP contribution < -0.4 is 0 Å². The summed E-state index contributed by atoms with van der Waals surface area (Å²) in [6, 6.07) is 18.6. The van der Waals surface area contributed by atoms with Crippen molar-refractivity contribution in [3.8, 4) is 0 Å². The van der Waals surface area contributed by atoms with Gasteiger partial charge in [-0.25, -0.2) is 0 Å². The number of hydrogen-bond donors (Lipinski definition) is 1. The van der Waals surface area contributed by atoms with Crippen LogP contribution in [-0.4, -0.2) is 34.8 Å². The summed E-state index contributed by atoms with van der Waals surface area (Å²) in [7, 11) is 0. The van der Waals surface area contributed by atoms with E-state index in [0.29, 0.717) is 18.2 Å². The summed E-state index contributed by atoms with van der Waals surface area (Å²) in [5.41, 5.74) is 3.56. The number of rotatable bonds is 8. The largest absolute Gasteiger partial charge is 0.392 e. The van der Waals surface area contributed by atoms with E-state index in [2.05, 4.69) is 36.4 Å². The normalized spacial score (nSPS) is 16.8. The van der Waals surface area contributed by atoms with Crippen molar-refractivity contribution < 1.29 is 9.90 Å². The Bertz CT molecular complexity index is 687. The van der Waals surface area contributed by atoms with Gasteiger partial charge in [0.05, 0.1) is 6.61 Å². The Kier molecular flexibility index (Phi) is 7.15. The zero-order valence-electron chi connectivity index (χ0n) is 15.1. The Balaban J connectivity index is 1.36. The average molecular weight is 370 g/mol. The maximum Gasteiger partial charge on any atom is 0.223 e. The number of carbonyl (C=O) groups excluding carboxylic acids is 1. The van der Waals surface area contributed by atoms with Gasteiger partial charge >= 0.3 is 0 Å². The molecule has 1 aliphatic rings. The van der Waals surface area contributed by atoms with E-state index in [-0.39, 0.29) is 6.61 Å². The first kappa shape index (κ1) is 19.0. The fraction of sp³-hybridized carbons (Fsp3) is 0.409. The fourth-order valence-corrected chi connectivity index (χ4v) is 4.31.